The van der Waals surface area contributed by atoms with Gasteiger partial charge in [-0.05, 0) is 36.0 Å². The van der Waals surface area contributed by atoms with Gasteiger partial charge in [0.25, 0.3) is 0 Å². The van der Waals surface area contributed by atoms with Crippen LogP contribution in [0.1, 0.15) is 25.0 Å². The highest BCUT2D eigenvalue weighted by Gasteiger charge is 2.07. The lowest BCUT2D eigenvalue weighted by molar-refractivity contribution is -0.131. The lowest BCUT2D eigenvalue weighted by atomic mass is 9.94. The molecule has 0 unspecified atom stereocenters. The molecule has 2 nitrogen and oxygen atoms in total. The summed E-state index contributed by atoms with van der Waals surface area (Å²) in [5.41, 5.74) is 5.70. The van der Waals surface area contributed by atoms with Crippen molar-refractivity contribution in [2.45, 2.75) is 27.2 Å². The lowest BCUT2D eigenvalue weighted by Crippen LogP contribution is -2.02. The van der Waals surface area contributed by atoms with Gasteiger partial charge in [0.1, 0.15) is 0 Å². The number of hydrogen-bond donors (Lipinski definition) is 1. The third-order valence-electron chi connectivity index (χ3n) is 3.80. The van der Waals surface area contributed by atoms with E-state index in [0.717, 1.165) is 11.1 Å². The highest BCUT2D eigenvalue weighted by atomic mass is 16.4. The molecule has 0 amide bonds. The summed E-state index contributed by atoms with van der Waals surface area (Å²) < 4.78 is 0. The van der Waals surface area contributed by atoms with Crippen molar-refractivity contribution in [3.8, 4) is 11.1 Å². The molecule has 2 aromatic rings. The Morgan fingerprint density at radius 2 is 1.50 bits per heavy atom. The van der Waals surface area contributed by atoms with Crippen LogP contribution in [0.3, 0.4) is 0 Å². The van der Waals surface area contributed by atoms with Gasteiger partial charge in [-0.25, -0.2) is 4.79 Å². The van der Waals surface area contributed by atoms with Crippen LogP contribution >= 0.6 is 0 Å². The first-order valence-corrected chi connectivity index (χ1v) is 7.55. The van der Waals surface area contributed by atoms with E-state index in [4.69, 9.17) is 5.11 Å². The van der Waals surface area contributed by atoms with Crippen molar-refractivity contribution in [3.05, 3.63) is 71.3 Å². The molecular formula is C20H22O2. The van der Waals surface area contributed by atoms with Crippen molar-refractivity contribution in [1.82, 2.24) is 0 Å². The fourth-order valence-corrected chi connectivity index (χ4v) is 2.38. The molecule has 2 heteroatoms. The van der Waals surface area contributed by atoms with Gasteiger partial charge in [-0.3, -0.25) is 0 Å². The van der Waals surface area contributed by atoms with Crippen molar-refractivity contribution in [1.29, 1.82) is 0 Å². The molecule has 0 aliphatic rings. The van der Waals surface area contributed by atoms with Gasteiger partial charge in [0.05, 0.1) is 0 Å². The van der Waals surface area contributed by atoms with Gasteiger partial charge in [-0.15, -0.1) is 0 Å². The van der Waals surface area contributed by atoms with E-state index in [0.29, 0.717) is 6.42 Å². The van der Waals surface area contributed by atoms with Gasteiger partial charge in [0, 0.05) is 6.08 Å². The van der Waals surface area contributed by atoms with Crippen LogP contribution in [0.25, 0.3) is 11.1 Å². The average Bonchev–Trinajstić information content (AvgIpc) is 2.48. The van der Waals surface area contributed by atoms with E-state index in [2.05, 4.69) is 55.5 Å². The number of rotatable bonds is 5. The molecule has 0 atom stereocenters. The Bertz CT molecular complexity index is 662. The zero-order valence-corrected chi connectivity index (χ0v) is 13.3. The predicted octanol–water partition coefficient (Wildman–Crippen LogP) is 4.87. The van der Waals surface area contributed by atoms with Gasteiger partial charge in [0.15, 0.2) is 0 Å². The summed E-state index contributed by atoms with van der Waals surface area (Å²) in [6.07, 6.45) is 2.01. The fourth-order valence-electron chi connectivity index (χ4n) is 2.38. The first-order chi connectivity index (χ1) is 10.5. The number of benzene rings is 2. The van der Waals surface area contributed by atoms with Crippen molar-refractivity contribution in [2.75, 3.05) is 0 Å². The molecule has 114 valence electrons. The van der Waals surface area contributed by atoms with Gasteiger partial charge in [-0.1, -0.05) is 73.5 Å². The van der Waals surface area contributed by atoms with E-state index in [9.17, 15) is 4.79 Å². The highest BCUT2D eigenvalue weighted by Crippen LogP contribution is 2.22. The summed E-state index contributed by atoms with van der Waals surface area (Å²) in [5.74, 6) is -0.646. The Balaban J connectivity index is 2.18. The van der Waals surface area contributed by atoms with Gasteiger partial charge >= 0.3 is 5.97 Å². The Labute approximate surface area is 132 Å². The monoisotopic (exact) mass is 294 g/mol. The number of carboxylic acids is 1. The number of aryl methyl sites for hydroxylation is 1. The second-order valence-electron chi connectivity index (χ2n) is 5.95. The van der Waals surface area contributed by atoms with Crippen LogP contribution in [0, 0.1) is 12.8 Å². The minimum absolute atomic E-state index is 0.230. The molecule has 0 radical (unpaired) electrons. The van der Waals surface area contributed by atoms with Gasteiger partial charge in [-0.2, -0.15) is 0 Å². The number of allylic oxidation sites excluding steroid dienone is 1. The fraction of sp³-hybridized carbons (Fsp3) is 0.250. The van der Waals surface area contributed by atoms with Crippen molar-refractivity contribution in [2.24, 2.45) is 5.92 Å². The molecule has 0 saturated carbocycles. The minimum Gasteiger partial charge on any atom is -0.478 e. The van der Waals surface area contributed by atoms with Gasteiger partial charge in [0.2, 0.25) is 0 Å². The topological polar surface area (TPSA) is 37.3 Å². The molecule has 2 rings (SSSR count). The zero-order chi connectivity index (χ0) is 16.1. The molecule has 1 N–H and O–H groups in total. The summed E-state index contributed by atoms with van der Waals surface area (Å²) >= 11 is 0. The summed E-state index contributed by atoms with van der Waals surface area (Å²) in [6.45, 7) is 6.12. The summed E-state index contributed by atoms with van der Waals surface area (Å²) in [7, 11) is 0. The molecule has 2 aromatic carbocycles. The maximum atomic E-state index is 10.9. The van der Waals surface area contributed by atoms with Crippen LogP contribution in [0.15, 0.2) is 60.2 Å². The standard InChI is InChI=1S/C20H22O2/c1-14(2)19(13-20(21)22)12-16-6-10-18(11-7-16)17-8-4-15(3)5-9-17/h4-11,13-14H,12H2,1-3H3,(H,21,22)/b19-13-. The second kappa shape index (κ2) is 7.08. The first-order valence-electron chi connectivity index (χ1n) is 7.55. The first kappa shape index (κ1) is 16.0. The maximum absolute atomic E-state index is 10.9. The Kier molecular flexibility index (Phi) is 5.16. The van der Waals surface area contributed by atoms with E-state index >= 15 is 0 Å². The molecule has 0 aliphatic carbocycles. The van der Waals surface area contributed by atoms with Crippen LogP contribution in [-0.4, -0.2) is 11.1 Å². The van der Waals surface area contributed by atoms with Crippen LogP contribution in [0.2, 0.25) is 0 Å². The van der Waals surface area contributed by atoms with Gasteiger partial charge < -0.3 is 5.11 Å². The van der Waals surface area contributed by atoms with E-state index in [1.807, 2.05) is 13.8 Å². The number of hydrogen-bond acceptors (Lipinski definition) is 1. The van der Waals surface area contributed by atoms with Crippen LogP contribution < -0.4 is 0 Å². The Morgan fingerprint density at radius 3 is 1.95 bits per heavy atom. The molecule has 0 fully saturated rings. The van der Waals surface area contributed by atoms with Crippen LogP contribution in [-0.2, 0) is 11.2 Å². The van der Waals surface area contributed by atoms with E-state index in [-0.39, 0.29) is 5.92 Å². The molecule has 0 bridgehead atoms. The lowest BCUT2D eigenvalue weighted by Gasteiger charge is -2.11. The SMILES string of the molecule is Cc1ccc(-c2ccc(C/C(=C/C(=O)O)C(C)C)cc2)cc1. The Hall–Kier alpha value is -2.35. The average molecular weight is 294 g/mol. The molecule has 0 aromatic heterocycles. The second-order valence-corrected chi connectivity index (χ2v) is 5.95. The number of aliphatic carboxylic acids is 1. The van der Waals surface area contributed by atoms with Crippen molar-refractivity contribution in [3.63, 3.8) is 0 Å². The summed E-state index contributed by atoms with van der Waals surface area (Å²) in [5, 5.41) is 8.95. The normalized spacial score (nSPS) is 11.7. The third kappa shape index (κ3) is 4.32. The van der Waals surface area contributed by atoms with Crippen molar-refractivity contribution < 1.29 is 9.90 Å². The van der Waals surface area contributed by atoms with E-state index in [1.165, 1.54) is 22.8 Å². The quantitative estimate of drug-likeness (QED) is 0.799. The number of carbonyl (C=O) groups is 1. The van der Waals surface area contributed by atoms with E-state index in [1.54, 1.807) is 0 Å². The Morgan fingerprint density at radius 1 is 1.00 bits per heavy atom. The van der Waals surface area contributed by atoms with Crippen LogP contribution in [0.5, 0.6) is 0 Å². The largest absolute Gasteiger partial charge is 0.478 e. The van der Waals surface area contributed by atoms with Crippen LogP contribution in [0.4, 0.5) is 0 Å². The minimum atomic E-state index is -0.875. The summed E-state index contributed by atoms with van der Waals surface area (Å²) in [4.78, 5) is 10.9. The third-order valence-corrected chi connectivity index (χ3v) is 3.80. The molecule has 0 saturated heterocycles. The smallest absolute Gasteiger partial charge is 0.328 e. The van der Waals surface area contributed by atoms with Crippen molar-refractivity contribution >= 4 is 5.97 Å². The summed E-state index contributed by atoms with van der Waals surface area (Å²) in [6, 6.07) is 16.8. The number of carboxylic acid groups (broad SMARTS) is 1. The molecular weight excluding hydrogens is 272 g/mol. The predicted molar refractivity (Wildman–Crippen MR) is 90.9 cm³/mol. The molecule has 22 heavy (non-hydrogen) atoms. The molecule has 0 spiro atoms. The van der Waals surface area contributed by atoms with E-state index < -0.39 is 5.97 Å². The molecule has 0 aliphatic heterocycles. The highest BCUT2D eigenvalue weighted by molar-refractivity contribution is 5.80. The molecule has 0 heterocycles. The zero-order valence-electron chi connectivity index (χ0n) is 13.3. The maximum Gasteiger partial charge on any atom is 0.328 e.